The Balaban J connectivity index is 1.81. The van der Waals surface area contributed by atoms with Crippen molar-refractivity contribution in [2.45, 2.75) is 38.1 Å². The summed E-state index contributed by atoms with van der Waals surface area (Å²) >= 11 is 0. The predicted molar refractivity (Wildman–Crippen MR) is 125 cm³/mol. The first-order chi connectivity index (χ1) is 14.7. The van der Waals surface area contributed by atoms with Crippen LogP contribution in [0.4, 0.5) is 5.69 Å². The molecule has 0 unspecified atom stereocenters. The monoisotopic (exact) mass is 436 g/mol. The van der Waals surface area contributed by atoms with E-state index in [0.717, 1.165) is 17.5 Å². The molecule has 0 spiro atoms. The minimum Gasteiger partial charge on any atom is -0.345 e. The van der Waals surface area contributed by atoms with Gasteiger partial charge in [0.2, 0.25) is 0 Å². The molecule has 3 rings (SSSR count). The molecule has 1 atom stereocenters. The SMILES string of the molecule is Cc1cccc(NS(=O)(=O)c2cccc(C(=O)N[C@H](CC(C)C)c3ccccc3)c2)c1. The molecule has 1 amide bonds. The van der Waals surface area contributed by atoms with Crippen molar-refractivity contribution in [1.82, 2.24) is 5.32 Å². The maximum atomic E-state index is 13.0. The molecule has 0 saturated heterocycles. The summed E-state index contributed by atoms with van der Waals surface area (Å²) in [5.41, 5.74) is 2.76. The predicted octanol–water partition coefficient (Wildman–Crippen LogP) is 5.31. The van der Waals surface area contributed by atoms with Crippen LogP contribution in [0, 0.1) is 12.8 Å². The van der Waals surface area contributed by atoms with Gasteiger partial charge in [0.1, 0.15) is 0 Å². The zero-order valence-corrected chi connectivity index (χ0v) is 18.8. The lowest BCUT2D eigenvalue weighted by Crippen LogP contribution is -2.29. The number of sulfonamides is 1. The Kier molecular flexibility index (Phi) is 7.13. The number of benzene rings is 3. The molecular weight excluding hydrogens is 408 g/mol. The molecule has 6 heteroatoms. The van der Waals surface area contributed by atoms with E-state index in [1.165, 1.54) is 12.1 Å². The number of hydrogen-bond acceptors (Lipinski definition) is 3. The van der Waals surface area contributed by atoms with Crippen LogP contribution in [0.5, 0.6) is 0 Å². The van der Waals surface area contributed by atoms with Crippen LogP contribution in [0.1, 0.15) is 47.8 Å². The lowest BCUT2D eigenvalue weighted by Gasteiger charge is -2.21. The molecule has 0 fully saturated rings. The molecule has 0 heterocycles. The van der Waals surface area contributed by atoms with Gasteiger partial charge in [-0.1, -0.05) is 62.4 Å². The first kappa shape index (κ1) is 22.6. The van der Waals surface area contributed by atoms with Crippen LogP contribution in [0.15, 0.2) is 83.8 Å². The van der Waals surface area contributed by atoms with E-state index in [1.807, 2.05) is 43.3 Å². The van der Waals surface area contributed by atoms with Gasteiger partial charge in [-0.3, -0.25) is 9.52 Å². The van der Waals surface area contributed by atoms with Gasteiger partial charge in [-0.05, 0) is 60.7 Å². The second-order valence-corrected chi connectivity index (χ2v) is 9.75. The van der Waals surface area contributed by atoms with Crippen molar-refractivity contribution in [3.05, 3.63) is 95.6 Å². The Morgan fingerprint density at radius 3 is 2.29 bits per heavy atom. The summed E-state index contributed by atoms with van der Waals surface area (Å²) < 4.78 is 28.2. The molecule has 2 N–H and O–H groups in total. The van der Waals surface area contributed by atoms with E-state index in [1.54, 1.807) is 30.3 Å². The number of nitrogens with one attached hydrogen (secondary N) is 2. The Morgan fingerprint density at radius 2 is 1.61 bits per heavy atom. The van der Waals surface area contributed by atoms with E-state index >= 15 is 0 Å². The number of carbonyl (C=O) groups excluding carboxylic acids is 1. The van der Waals surface area contributed by atoms with Crippen molar-refractivity contribution >= 4 is 21.6 Å². The third kappa shape index (κ3) is 6.18. The lowest BCUT2D eigenvalue weighted by atomic mass is 9.96. The molecule has 162 valence electrons. The van der Waals surface area contributed by atoms with Crippen molar-refractivity contribution < 1.29 is 13.2 Å². The van der Waals surface area contributed by atoms with Crippen LogP contribution in [0.3, 0.4) is 0 Å². The first-order valence-electron chi connectivity index (χ1n) is 10.3. The fourth-order valence-corrected chi connectivity index (χ4v) is 4.50. The van der Waals surface area contributed by atoms with Gasteiger partial charge in [-0.2, -0.15) is 0 Å². The molecule has 0 aliphatic carbocycles. The molecule has 5 nitrogen and oxygen atoms in total. The molecule has 0 aliphatic heterocycles. The van der Waals surface area contributed by atoms with Gasteiger partial charge >= 0.3 is 0 Å². The van der Waals surface area contributed by atoms with Gasteiger partial charge in [0.05, 0.1) is 10.9 Å². The molecule has 0 aliphatic rings. The Bertz CT molecular complexity index is 1140. The van der Waals surface area contributed by atoms with E-state index < -0.39 is 10.0 Å². The van der Waals surface area contributed by atoms with Gasteiger partial charge in [-0.25, -0.2) is 8.42 Å². The van der Waals surface area contributed by atoms with E-state index in [0.29, 0.717) is 17.2 Å². The summed E-state index contributed by atoms with van der Waals surface area (Å²) in [5.74, 6) is 0.0813. The molecular formula is C25H28N2O3S. The van der Waals surface area contributed by atoms with Crippen molar-refractivity contribution in [1.29, 1.82) is 0 Å². The third-order valence-electron chi connectivity index (χ3n) is 4.89. The van der Waals surface area contributed by atoms with Crippen molar-refractivity contribution in [2.24, 2.45) is 5.92 Å². The van der Waals surface area contributed by atoms with Crippen molar-refractivity contribution in [3.63, 3.8) is 0 Å². The maximum Gasteiger partial charge on any atom is 0.261 e. The Labute approximate surface area is 184 Å². The summed E-state index contributed by atoms with van der Waals surface area (Å²) in [6.07, 6.45) is 0.780. The van der Waals surface area contributed by atoms with Crippen LogP contribution < -0.4 is 10.0 Å². The van der Waals surface area contributed by atoms with E-state index in [2.05, 4.69) is 23.9 Å². The number of aryl methyl sites for hydroxylation is 1. The molecule has 3 aromatic rings. The fraction of sp³-hybridized carbons (Fsp3) is 0.240. The minimum absolute atomic E-state index is 0.0433. The van der Waals surface area contributed by atoms with E-state index in [9.17, 15) is 13.2 Å². The highest BCUT2D eigenvalue weighted by molar-refractivity contribution is 7.92. The normalized spacial score (nSPS) is 12.4. The molecule has 0 bridgehead atoms. The van der Waals surface area contributed by atoms with Gasteiger partial charge in [0.25, 0.3) is 15.9 Å². The van der Waals surface area contributed by atoms with Gasteiger partial charge in [0, 0.05) is 11.3 Å². The maximum absolute atomic E-state index is 13.0. The summed E-state index contributed by atoms with van der Waals surface area (Å²) in [5, 5.41) is 3.06. The van der Waals surface area contributed by atoms with Crippen molar-refractivity contribution in [3.8, 4) is 0 Å². The Hall–Kier alpha value is -3.12. The number of rotatable bonds is 8. The summed E-state index contributed by atoms with van der Waals surface area (Å²) in [6, 6.07) is 22.9. The zero-order valence-electron chi connectivity index (χ0n) is 18.0. The number of anilines is 1. The van der Waals surface area contributed by atoms with Gasteiger partial charge in [0.15, 0.2) is 0 Å². The zero-order chi connectivity index (χ0) is 22.4. The first-order valence-corrected chi connectivity index (χ1v) is 11.8. The fourth-order valence-electron chi connectivity index (χ4n) is 3.40. The Morgan fingerprint density at radius 1 is 0.903 bits per heavy atom. The standard InChI is InChI=1S/C25H28N2O3S/c1-18(2)15-24(20-10-5-4-6-11-20)26-25(28)21-12-8-14-23(17-21)31(29,30)27-22-13-7-9-19(3)16-22/h4-14,16-18,24,27H,15H2,1-3H3,(H,26,28)/t24-/m1/s1. The lowest BCUT2D eigenvalue weighted by molar-refractivity contribution is 0.0931. The number of carbonyl (C=O) groups is 1. The third-order valence-corrected chi connectivity index (χ3v) is 6.27. The molecule has 3 aromatic carbocycles. The summed E-state index contributed by atoms with van der Waals surface area (Å²) in [4.78, 5) is 13.0. The molecule has 0 aromatic heterocycles. The highest BCUT2D eigenvalue weighted by Gasteiger charge is 2.20. The van der Waals surface area contributed by atoms with Crippen LogP contribution in [0.2, 0.25) is 0 Å². The highest BCUT2D eigenvalue weighted by Crippen LogP contribution is 2.23. The summed E-state index contributed by atoms with van der Waals surface area (Å²) in [6.45, 7) is 6.10. The van der Waals surface area contributed by atoms with Gasteiger partial charge < -0.3 is 5.32 Å². The topological polar surface area (TPSA) is 75.3 Å². The van der Waals surface area contributed by atoms with Crippen LogP contribution in [-0.2, 0) is 10.0 Å². The molecule has 31 heavy (non-hydrogen) atoms. The largest absolute Gasteiger partial charge is 0.345 e. The van der Waals surface area contributed by atoms with Crippen LogP contribution in [-0.4, -0.2) is 14.3 Å². The van der Waals surface area contributed by atoms with E-state index in [-0.39, 0.29) is 16.8 Å². The molecule has 0 saturated carbocycles. The van der Waals surface area contributed by atoms with Crippen LogP contribution >= 0.6 is 0 Å². The van der Waals surface area contributed by atoms with Crippen molar-refractivity contribution in [2.75, 3.05) is 4.72 Å². The number of hydrogen-bond donors (Lipinski definition) is 2. The second-order valence-electron chi connectivity index (χ2n) is 8.07. The average Bonchev–Trinajstić information content (AvgIpc) is 2.73. The number of amides is 1. The smallest absolute Gasteiger partial charge is 0.261 e. The minimum atomic E-state index is -3.82. The van der Waals surface area contributed by atoms with Crippen LogP contribution in [0.25, 0.3) is 0 Å². The second kappa shape index (κ2) is 9.79. The molecule has 0 radical (unpaired) electrons. The highest BCUT2D eigenvalue weighted by atomic mass is 32.2. The quantitative estimate of drug-likeness (QED) is 0.502. The van der Waals surface area contributed by atoms with E-state index in [4.69, 9.17) is 0 Å². The van der Waals surface area contributed by atoms with Gasteiger partial charge in [-0.15, -0.1) is 0 Å². The summed E-state index contributed by atoms with van der Waals surface area (Å²) in [7, 11) is -3.82. The average molecular weight is 437 g/mol.